The average Bonchev–Trinajstić information content (AvgIpc) is 1.34. The maximum Gasteiger partial charge on any atom is 0.319 e. The summed E-state index contributed by atoms with van der Waals surface area (Å²) in [4.78, 5) is 78.8. The van der Waals surface area contributed by atoms with Crippen molar-refractivity contribution in [1.29, 1.82) is 0 Å². The average molecular weight is 1250 g/mol. The van der Waals surface area contributed by atoms with E-state index in [1.54, 1.807) is 25.5 Å². The van der Waals surface area contributed by atoms with E-state index in [9.17, 15) is 29.4 Å². The molecule has 6 aliphatic rings. The van der Waals surface area contributed by atoms with Crippen LogP contribution in [0.15, 0.2) is 84.0 Å². The van der Waals surface area contributed by atoms with Crippen molar-refractivity contribution in [2.45, 2.75) is 128 Å². The smallest absolute Gasteiger partial charge is 0.319 e. The summed E-state index contributed by atoms with van der Waals surface area (Å²) in [6.07, 6.45) is 7.90. The molecule has 5 saturated heterocycles. The normalized spacial score (nSPS) is 21.2. The van der Waals surface area contributed by atoms with Crippen LogP contribution in [0.4, 0.5) is 10.2 Å². The number of amides is 3. The number of aliphatic hydroxyl groups excluding tert-OH is 2. The third-order valence-electron chi connectivity index (χ3n) is 19.9. The first-order valence-electron chi connectivity index (χ1n) is 32.3. The number of piperazine rings is 1. The number of pyridine rings is 1. The molecule has 0 radical (unpaired) electrons. The van der Waals surface area contributed by atoms with Crippen LogP contribution in [0, 0.1) is 24.6 Å². The van der Waals surface area contributed by atoms with E-state index in [1.807, 2.05) is 81.0 Å². The minimum Gasteiger partial charge on any atom is -0.486 e. The number of nitrogens with one attached hydrogen (secondary N) is 3. The number of hydrogen-bond acceptors (Lipinski definition) is 16. The molecule has 1 saturated carbocycles. The quantitative estimate of drug-likeness (QED) is 0.0575. The molecule has 0 spiro atoms. The molecule has 6 fully saturated rings. The Morgan fingerprint density at radius 1 is 0.870 bits per heavy atom. The monoisotopic (exact) mass is 1250 g/mol. The van der Waals surface area contributed by atoms with Gasteiger partial charge in [-0.1, -0.05) is 50.2 Å². The van der Waals surface area contributed by atoms with Crippen LogP contribution in [0.5, 0.6) is 11.8 Å². The summed E-state index contributed by atoms with van der Waals surface area (Å²) >= 11 is 0. The molecule has 0 unspecified atom stereocenters. The van der Waals surface area contributed by atoms with E-state index in [1.165, 1.54) is 15.6 Å². The number of rotatable bonds is 18. The zero-order valence-electron chi connectivity index (χ0n) is 52.1. The van der Waals surface area contributed by atoms with Gasteiger partial charge in [0, 0.05) is 109 Å². The van der Waals surface area contributed by atoms with Crippen molar-refractivity contribution in [2.75, 3.05) is 64.5 Å². The highest BCUT2D eigenvalue weighted by Gasteiger charge is 2.49. The van der Waals surface area contributed by atoms with Gasteiger partial charge in [0.1, 0.15) is 41.9 Å². The molecule has 92 heavy (non-hydrogen) atoms. The summed E-state index contributed by atoms with van der Waals surface area (Å²) in [7, 11) is 2.04. The van der Waals surface area contributed by atoms with Crippen molar-refractivity contribution in [3.05, 3.63) is 118 Å². The standard InChI is InChI=1S/C68H75FN14O9/c1-6-82-55(15-18-71-82)40-12-10-39(11-13-40)54(33-84)73-64(86)56-23-44(85)31-81(56)67(89)61(35(2)3)83-32-50-46-14-7-37(21-52(46)72-65(87)60(50)77-83)34-91-62-58(57-36(4)51(69)25-53-49(57)26-70-76-53)47(38-8-9-38)24-48-59(62)74-68(92-45-16-19-90-20-17-45)75-63(48)79-29-43-22-42(79)30-80(43)66(88)41-27-78(5)28-41/h7,10-15,18,21,24-26,32,35,38,41-45,54,56,61,84-85H,6,8-9,16-17,19-20,22-23,27-31,33-34H2,1-5H3,(H,70,76)(H,72,87)(H,73,86)/t42-,43-,44+,54-,56-,61-/m0/s1. The molecule has 2 bridgehead atoms. The second-order valence-corrected chi connectivity index (χ2v) is 26.4. The van der Waals surface area contributed by atoms with Crippen LogP contribution in [-0.4, -0.2) is 177 Å². The maximum atomic E-state index is 16.4. The number of aromatic nitrogens is 9. The predicted octanol–water partition coefficient (Wildman–Crippen LogP) is 7.07. The molecule has 24 heteroatoms. The molecule has 6 atom stereocenters. The fourth-order valence-corrected chi connectivity index (χ4v) is 15.0. The Kier molecular flexibility index (Phi) is 15.3. The number of carbonyl (C=O) groups is 3. The van der Waals surface area contributed by atoms with Gasteiger partial charge < -0.3 is 54.3 Å². The fourth-order valence-electron chi connectivity index (χ4n) is 15.0. The lowest BCUT2D eigenvalue weighted by atomic mass is 9.88. The Balaban J connectivity index is 0.760. The van der Waals surface area contributed by atoms with Crippen LogP contribution in [0.2, 0.25) is 0 Å². The summed E-state index contributed by atoms with van der Waals surface area (Å²) in [5.41, 5.74) is 7.12. The number of likely N-dealkylation sites (tertiary alicyclic amines) is 3. The van der Waals surface area contributed by atoms with Crippen LogP contribution in [0.1, 0.15) is 99.6 Å². The van der Waals surface area contributed by atoms with Gasteiger partial charge in [-0.25, -0.2) is 4.39 Å². The third-order valence-corrected chi connectivity index (χ3v) is 19.9. The van der Waals surface area contributed by atoms with Gasteiger partial charge >= 0.3 is 6.01 Å². The molecule has 5 aromatic heterocycles. The van der Waals surface area contributed by atoms with Gasteiger partial charge in [-0.3, -0.25) is 33.6 Å². The third kappa shape index (κ3) is 10.6. The second-order valence-electron chi connectivity index (χ2n) is 26.4. The molecule has 5 N–H and O–H groups in total. The number of aliphatic hydroxyl groups is 2. The number of H-pyrrole nitrogens is 2. The molecule has 4 aromatic carbocycles. The SMILES string of the molecule is CCn1nccc1-c1ccc([C@H](CO)NC(=O)[C@@H]2C[C@@H](O)CN2C(=O)[C@H](C(C)C)n2cc3c(n2)c(=O)[nH]c2cc(COc4c(-c5c(C)c(F)cc6[nH]ncc56)c(C5CC5)cc5c(N6C[C@@H]7C[C@H]6CN7C(=O)C6CN(C)C6)nc(OC6CCOCC6)nc45)ccc23)cc1. The molecule has 478 valence electrons. The second kappa shape index (κ2) is 23.7. The van der Waals surface area contributed by atoms with Crippen LogP contribution >= 0.6 is 0 Å². The van der Waals surface area contributed by atoms with E-state index in [2.05, 4.69) is 46.4 Å². The van der Waals surface area contributed by atoms with Crippen molar-refractivity contribution in [3.8, 4) is 34.1 Å². The van der Waals surface area contributed by atoms with Crippen LogP contribution < -0.4 is 25.2 Å². The predicted molar refractivity (Wildman–Crippen MR) is 342 cm³/mol. The van der Waals surface area contributed by atoms with Gasteiger partial charge in [-0.05, 0) is 104 Å². The van der Waals surface area contributed by atoms with Crippen LogP contribution in [0.3, 0.4) is 0 Å². The number of anilines is 1. The van der Waals surface area contributed by atoms with E-state index in [0.29, 0.717) is 112 Å². The minimum absolute atomic E-state index is 0.00490. The molecule has 9 aromatic rings. The van der Waals surface area contributed by atoms with E-state index >= 15 is 4.39 Å². The molecule has 5 aliphatic heterocycles. The summed E-state index contributed by atoms with van der Waals surface area (Å²) < 4.78 is 39.5. The number of nitrogens with zero attached hydrogens (tertiary/aromatic N) is 11. The van der Waals surface area contributed by atoms with E-state index in [4.69, 9.17) is 29.3 Å². The van der Waals surface area contributed by atoms with Gasteiger partial charge in [0.25, 0.3) is 5.56 Å². The van der Waals surface area contributed by atoms with Gasteiger partial charge in [-0.15, -0.1) is 0 Å². The lowest BCUT2D eigenvalue weighted by Crippen LogP contribution is -2.57. The molecule has 1 aliphatic carbocycles. The maximum absolute atomic E-state index is 16.4. The Hall–Kier alpha value is -8.84. The van der Waals surface area contributed by atoms with Crippen molar-refractivity contribution in [1.82, 2.24) is 64.7 Å². The highest BCUT2D eigenvalue weighted by molar-refractivity contribution is 6.07. The number of β-amino-alcohol motifs (C(OH)–C–C–N with tert-alkyl or cyclic N) is 1. The molecule has 23 nitrogen and oxygen atoms in total. The molecular formula is C68H75FN14O9. The lowest BCUT2D eigenvalue weighted by molar-refractivity contribution is -0.142. The highest BCUT2D eigenvalue weighted by Crippen LogP contribution is 2.54. The summed E-state index contributed by atoms with van der Waals surface area (Å²) in [5, 5.41) is 43.7. The Bertz CT molecular complexity index is 4430. The molecule has 15 rings (SSSR count). The highest BCUT2D eigenvalue weighted by atomic mass is 19.1. The first kappa shape index (κ1) is 59.5. The van der Waals surface area contributed by atoms with Gasteiger partial charge in [0.05, 0.1) is 67.4 Å². The zero-order chi connectivity index (χ0) is 63.4. The number of aromatic amines is 2. The van der Waals surface area contributed by atoms with Gasteiger partial charge in [0.15, 0.2) is 11.3 Å². The van der Waals surface area contributed by atoms with Crippen molar-refractivity contribution < 1.29 is 43.2 Å². The van der Waals surface area contributed by atoms with Crippen LogP contribution in [-0.2, 0) is 32.3 Å². The van der Waals surface area contributed by atoms with Crippen molar-refractivity contribution in [3.63, 3.8) is 0 Å². The number of benzene rings is 4. The van der Waals surface area contributed by atoms with Crippen molar-refractivity contribution in [2.24, 2.45) is 11.8 Å². The van der Waals surface area contributed by atoms with Crippen molar-refractivity contribution >= 4 is 67.2 Å². The number of halogens is 1. The molecular weight excluding hydrogens is 1180 g/mol. The number of fused-ring (bicyclic) bond motifs is 7. The first-order chi connectivity index (χ1) is 44.6. The molecule has 10 heterocycles. The Morgan fingerprint density at radius 2 is 1.67 bits per heavy atom. The summed E-state index contributed by atoms with van der Waals surface area (Å²) in [6.45, 7) is 11.5. The minimum atomic E-state index is -1.05. The fraction of sp³-hybridized carbons (Fsp3) is 0.456. The zero-order valence-corrected chi connectivity index (χ0v) is 52.1. The number of aryl methyl sites for hydroxylation is 1. The summed E-state index contributed by atoms with van der Waals surface area (Å²) in [6, 6.07) is 16.1. The number of carbonyl (C=O) groups excluding carboxylic acids is 3. The lowest BCUT2D eigenvalue weighted by Gasteiger charge is -2.41. The Morgan fingerprint density at radius 3 is 2.40 bits per heavy atom. The number of hydrogen-bond donors (Lipinski definition) is 5. The first-order valence-corrected chi connectivity index (χ1v) is 32.3. The van der Waals surface area contributed by atoms with E-state index in [-0.39, 0.29) is 72.9 Å². The van der Waals surface area contributed by atoms with E-state index < -0.39 is 54.0 Å². The summed E-state index contributed by atoms with van der Waals surface area (Å²) in [5.74, 6) is -0.292. The molecule has 3 amide bonds. The van der Waals surface area contributed by atoms with Crippen LogP contribution in [0.25, 0.3) is 66.0 Å². The van der Waals surface area contributed by atoms with E-state index in [0.717, 1.165) is 59.9 Å². The largest absolute Gasteiger partial charge is 0.486 e. The van der Waals surface area contributed by atoms with Gasteiger partial charge in [-0.2, -0.15) is 25.3 Å². The Labute approximate surface area is 528 Å². The number of ether oxygens (including phenoxy) is 3. The van der Waals surface area contributed by atoms with Gasteiger partial charge in [0.2, 0.25) is 17.7 Å². The topological polar surface area (TPSA) is 267 Å².